The summed E-state index contributed by atoms with van der Waals surface area (Å²) in [7, 11) is 3.37. The SMILES string of the molecule is CC(C)COC[C@H](N)c1nc(C(=O)N(C)C)c(C(C)C)o1. The van der Waals surface area contributed by atoms with Crippen molar-refractivity contribution in [1.29, 1.82) is 0 Å². The van der Waals surface area contributed by atoms with Gasteiger partial charge in [-0.05, 0) is 5.92 Å². The van der Waals surface area contributed by atoms with Crippen LogP contribution in [0.2, 0.25) is 0 Å². The van der Waals surface area contributed by atoms with E-state index in [-0.39, 0.29) is 11.8 Å². The number of rotatable bonds is 7. The van der Waals surface area contributed by atoms with Crippen molar-refractivity contribution in [2.75, 3.05) is 27.3 Å². The fourth-order valence-corrected chi connectivity index (χ4v) is 1.77. The van der Waals surface area contributed by atoms with Crippen molar-refractivity contribution < 1.29 is 13.9 Å². The molecule has 0 radical (unpaired) electrons. The number of aromatic nitrogens is 1. The molecule has 21 heavy (non-hydrogen) atoms. The number of hydrogen-bond donors (Lipinski definition) is 1. The van der Waals surface area contributed by atoms with E-state index in [0.29, 0.717) is 36.5 Å². The van der Waals surface area contributed by atoms with E-state index in [4.69, 9.17) is 14.9 Å². The van der Waals surface area contributed by atoms with Gasteiger partial charge in [-0.1, -0.05) is 27.7 Å². The maximum atomic E-state index is 12.1. The van der Waals surface area contributed by atoms with Gasteiger partial charge in [-0.3, -0.25) is 4.79 Å². The van der Waals surface area contributed by atoms with E-state index >= 15 is 0 Å². The smallest absolute Gasteiger partial charge is 0.275 e. The first-order valence-electron chi connectivity index (χ1n) is 7.29. The first-order valence-corrected chi connectivity index (χ1v) is 7.29. The molecule has 0 fully saturated rings. The predicted molar refractivity (Wildman–Crippen MR) is 81.2 cm³/mol. The maximum absolute atomic E-state index is 12.1. The summed E-state index contributed by atoms with van der Waals surface area (Å²) in [6.07, 6.45) is 0. The summed E-state index contributed by atoms with van der Waals surface area (Å²) in [5.74, 6) is 1.26. The average molecular weight is 297 g/mol. The highest BCUT2D eigenvalue weighted by atomic mass is 16.5. The van der Waals surface area contributed by atoms with Crippen molar-refractivity contribution in [3.63, 3.8) is 0 Å². The van der Waals surface area contributed by atoms with Gasteiger partial charge in [-0.15, -0.1) is 0 Å². The Hall–Kier alpha value is -1.40. The van der Waals surface area contributed by atoms with Gasteiger partial charge in [0.25, 0.3) is 5.91 Å². The zero-order valence-electron chi connectivity index (χ0n) is 13.8. The van der Waals surface area contributed by atoms with Crippen LogP contribution in [0.4, 0.5) is 0 Å². The van der Waals surface area contributed by atoms with E-state index in [1.807, 2.05) is 13.8 Å². The summed E-state index contributed by atoms with van der Waals surface area (Å²) < 4.78 is 11.2. The topological polar surface area (TPSA) is 81.6 Å². The molecule has 6 heteroatoms. The molecule has 0 aliphatic rings. The number of nitrogens with zero attached hydrogens (tertiary/aromatic N) is 2. The number of carbonyl (C=O) groups excluding carboxylic acids is 1. The van der Waals surface area contributed by atoms with Gasteiger partial charge in [0, 0.05) is 26.6 Å². The van der Waals surface area contributed by atoms with Crippen LogP contribution in [0.25, 0.3) is 0 Å². The summed E-state index contributed by atoms with van der Waals surface area (Å²) in [6, 6.07) is -0.468. The Morgan fingerprint density at radius 1 is 1.29 bits per heavy atom. The summed E-state index contributed by atoms with van der Waals surface area (Å²) in [5.41, 5.74) is 6.37. The molecule has 6 nitrogen and oxygen atoms in total. The average Bonchev–Trinajstić information content (AvgIpc) is 2.82. The number of amides is 1. The molecule has 1 atom stereocenters. The zero-order valence-corrected chi connectivity index (χ0v) is 13.8. The van der Waals surface area contributed by atoms with Crippen LogP contribution in [0, 0.1) is 5.92 Å². The number of ether oxygens (including phenoxy) is 1. The summed E-state index contributed by atoms with van der Waals surface area (Å²) in [5, 5.41) is 0. The molecule has 0 saturated carbocycles. The molecular weight excluding hydrogens is 270 g/mol. The predicted octanol–water partition coefficient (Wildman–Crippen LogP) is 2.17. The van der Waals surface area contributed by atoms with E-state index in [2.05, 4.69) is 18.8 Å². The molecule has 0 aliphatic heterocycles. The van der Waals surface area contributed by atoms with Gasteiger partial charge in [0.1, 0.15) is 11.8 Å². The molecule has 0 spiro atoms. The van der Waals surface area contributed by atoms with Crippen LogP contribution in [0.5, 0.6) is 0 Å². The lowest BCUT2D eigenvalue weighted by Crippen LogP contribution is -2.24. The lowest BCUT2D eigenvalue weighted by molar-refractivity contribution is 0.0819. The fourth-order valence-electron chi connectivity index (χ4n) is 1.77. The Balaban J connectivity index is 2.89. The third-order valence-corrected chi connectivity index (χ3v) is 2.87. The maximum Gasteiger partial charge on any atom is 0.275 e. The van der Waals surface area contributed by atoms with Crippen LogP contribution in [0.1, 0.15) is 61.8 Å². The lowest BCUT2D eigenvalue weighted by atomic mass is 10.1. The van der Waals surface area contributed by atoms with Gasteiger partial charge in [0.05, 0.1) is 6.61 Å². The van der Waals surface area contributed by atoms with E-state index < -0.39 is 6.04 Å². The van der Waals surface area contributed by atoms with Crippen molar-refractivity contribution in [2.45, 2.75) is 39.7 Å². The van der Waals surface area contributed by atoms with Crippen LogP contribution >= 0.6 is 0 Å². The number of hydrogen-bond acceptors (Lipinski definition) is 5. The van der Waals surface area contributed by atoms with Gasteiger partial charge >= 0.3 is 0 Å². The molecule has 1 rings (SSSR count). The Kier molecular flexibility index (Phi) is 6.36. The highest BCUT2D eigenvalue weighted by Gasteiger charge is 2.25. The standard InChI is InChI=1S/C15H27N3O3/c1-9(2)7-20-8-11(16)14-17-12(15(19)18(5)6)13(21-14)10(3)4/h9-11H,7-8,16H2,1-6H3/t11-/m0/s1. The quantitative estimate of drug-likeness (QED) is 0.834. The number of nitrogens with two attached hydrogens (primary N) is 1. The Morgan fingerprint density at radius 2 is 1.90 bits per heavy atom. The molecule has 1 aromatic heterocycles. The first-order chi connectivity index (χ1) is 9.73. The van der Waals surface area contributed by atoms with Crippen LogP contribution in [0.15, 0.2) is 4.42 Å². The second kappa shape index (κ2) is 7.56. The third kappa shape index (κ3) is 4.82. The van der Waals surface area contributed by atoms with Crippen molar-refractivity contribution >= 4 is 5.91 Å². The molecule has 1 heterocycles. The summed E-state index contributed by atoms with van der Waals surface area (Å²) in [4.78, 5) is 17.9. The highest BCUT2D eigenvalue weighted by Crippen LogP contribution is 2.24. The zero-order chi connectivity index (χ0) is 16.2. The van der Waals surface area contributed by atoms with Crippen LogP contribution in [0.3, 0.4) is 0 Å². The molecule has 2 N–H and O–H groups in total. The fraction of sp³-hybridized carbons (Fsp3) is 0.733. The van der Waals surface area contributed by atoms with Gasteiger partial charge in [-0.25, -0.2) is 4.98 Å². The van der Waals surface area contributed by atoms with Crippen LogP contribution in [-0.4, -0.2) is 43.1 Å². The van der Waals surface area contributed by atoms with E-state index in [1.54, 1.807) is 14.1 Å². The lowest BCUT2D eigenvalue weighted by Gasteiger charge is -2.10. The summed E-state index contributed by atoms with van der Waals surface area (Å²) >= 11 is 0. The highest BCUT2D eigenvalue weighted by molar-refractivity contribution is 5.93. The second-order valence-electron chi connectivity index (χ2n) is 6.16. The Morgan fingerprint density at radius 3 is 2.38 bits per heavy atom. The molecule has 0 aliphatic carbocycles. The largest absolute Gasteiger partial charge is 0.443 e. The van der Waals surface area contributed by atoms with Gasteiger partial charge in [0.15, 0.2) is 5.69 Å². The molecule has 120 valence electrons. The molecule has 1 aromatic rings. The van der Waals surface area contributed by atoms with E-state index in [9.17, 15) is 4.79 Å². The minimum atomic E-state index is -0.468. The first kappa shape index (κ1) is 17.7. The molecular formula is C15H27N3O3. The van der Waals surface area contributed by atoms with Gasteiger partial charge in [0.2, 0.25) is 5.89 Å². The van der Waals surface area contributed by atoms with E-state index in [0.717, 1.165) is 0 Å². The minimum Gasteiger partial charge on any atom is -0.443 e. The van der Waals surface area contributed by atoms with Gasteiger partial charge < -0.3 is 19.8 Å². The van der Waals surface area contributed by atoms with Gasteiger partial charge in [-0.2, -0.15) is 0 Å². The summed E-state index contributed by atoms with van der Waals surface area (Å²) in [6.45, 7) is 9.01. The van der Waals surface area contributed by atoms with E-state index in [1.165, 1.54) is 4.90 Å². The normalized spacial score (nSPS) is 13.0. The molecule has 0 saturated heterocycles. The van der Waals surface area contributed by atoms with Crippen molar-refractivity contribution in [3.05, 3.63) is 17.3 Å². The Bertz CT molecular complexity index is 467. The van der Waals surface area contributed by atoms with Crippen LogP contribution in [-0.2, 0) is 4.74 Å². The van der Waals surface area contributed by atoms with Crippen molar-refractivity contribution in [2.24, 2.45) is 11.7 Å². The number of oxazole rings is 1. The van der Waals surface area contributed by atoms with Crippen LogP contribution < -0.4 is 5.73 Å². The van der Waals surface area contributed by atoms with Crippen molar-refractivity contribution in [1.82, 2.24) is 9.88 Å². The monoisotopic (exact) mass is 297 g/mol. The minimum absolute atomic E-state index is 0.0638. The molecule has 0 bridgehead atoms. The van der Waals surface area contributed by atoms with Crippen molar-refractivity contribution in [3.8, 4) is 0 Å². The second-order valence-corrected chi connectivity index (χ2v) is 6.16. The Labute approximate surface area is 126 Å². The third-order valence-electron chi connectivity index (χ3n) is 2.87. The molecule has 1 amide bonds. The molecule has 0 unspecified atom stereocenters. The number of carbonyl (C=O) groups is 1. The molecule has 0 aromatic carbocycles.